The van der Waals surface area contributed by atoms with Crippen molar-refractivity contribution in [1.29, 1.82) is 0 Å². The van der Waals surface area contributed by atoms with Crippen LogP contribution in [0.4, 0.5) is 0 Å². The lowest BCUT2D eigenvalue weighted by atomic mass is 9.92. The molecule has 0 amide bonds. The Morgan fingerprint density at radius 1 is 1.67 bits per heavy atom. The van der Waals surface area contributed by atoms with Gasteiger partial charge in [-0.3, -0.25) is 4.90 Å². The Bertz CT molecular complexity index is 215. The van der Waals surface area contributed by atoms with E-state index in [1.165, 1.54) is 6.42 Å². The third-order valence-electron chi connectivity index (χ3n) is 3.78. The Kier molecular flexibility index (Phi) is 4.35. The Balaban J connectivity index is 2.64. The maximum absolute atomic E-state index is 3.83. The first-order chi connectivity index (χ1) is 7.02. The van der Waals surface area contributed by atoms with Crippen LogP contribution in [-0.4, -0.2) is 35.6 Å². The molecule has 1 heterocycles. The van der Waals surface area contributed by atoms with Crippen LogP contribution < -0.4 is 5.32 Å². The van der Waals surface area contributed by atoms with Gasteiger partial charge in [0.15, 0.2) is 0 Å². The SMILES string of the molecule is C=CCC(C)N1CC(C)(CC)NCC1C. The van der Waals surface area contributed by atoms with Crippen LogP contribution in [0.5, 0.6) is 0 Å². The van der Waals surface area contributed by atoms with Crippen molar-refractivity contribution in [2.75, 3.05) is 13.1 Å². The van der Waals surface area contributed by atoms with Crippen molar-refractivity contribution in [1.82, 2.24) is 10.2 Å². The lowest BCUT2D eigenvalue weighted by Gasteiger charge is -2.47. The molecule has 0 aromatic carbocycles. The zero-order chi connectivity index (χ0) is 11.5. The second-order valence-corrected chi connectivity index (χ2v) is 5.19. The van der Waals surface area contributed by atoms with Crippen LogP contribution in [0, 0.1) is 0 Å². The van der Waals surface area contributed by atoms with Crippen molar-refractivity contribution in [3.05, 3.63) is 12.7 Å². The summed E-state index contributed by atoms with van der Waals surface area (Å²) >= 11 is 0. The van der Waals surface area contributed by atoms with Gasteiger partial charge in [0.1, 0.15) is 0 Å². The van der Waals surface area contributed by atoms with Gasteiger partial charge in [-0.2, -0.15) is 0 Å². The minimum Gasteiger partial charge on any atom is -0.309 e. The minimum absolute atomic E-state index is 0.294. The van der Waals surface area contributed by atoms with Crippen molar-refractivity contribution < 1.29 is 0 Å². The van der Waals surface area contributed by atoms with Crippen LogP contribution in [0.25, 0.3) is 0 Å². The van der Waals surface area contributed by atoms with E-state index in [-0.39, 0.29) is 0 Å². The number of nitrogens with one attached hydrogen (secondary N) is 1. The molecule has 0 saturated carbocycles. The van der Waals surface area contributed by atoms with Crippen molar-refractivity contribution in [3.8, 4) is 0 Å². The molecule has 0 radical (unpaired) electrons. The second-order valence-electron chi connectivity index (χ2n) is 5.19. The van der Waals surface area contributed by atoms with Crippen molar-refractivity contribution >= 4 is 0 Å². The van der Waals surface area contributed by atoms with Gasteiger partial charge in [-0.25, -0.2) is 0 Å². The van der Waals surface area contributed by atoms with Crippen LogP contribution in [0.3, 0.4) is 0 Å². The highest BCUT2D eigenvalue weighted by Gasteiger charge is 2.34. The fourth-order valence-corrected chi connectivity index (χ4v) is 2.33. The standard InChI is InChI=1S/C13H26N2/c1-6-8-11(3)15-10-13(5,7-2)14-9-12(15)4/h6,11-12,14H,1,7-10H2,2-5H3. The van der Waals surface area contributed by atoms with Crippen LogP contribution in [0.1, 0.15) is 40.5 Å². The van der Waals surface area contributed by atoms with Gasteiger partial charge in [0, 0.05) is 30.7 Å². The number of rotatable bonds is 4. The van der Waals surface area contributed by atoms with Gasteiger partial charge in [-0.15, -0.1) is 6.58 Å². The van der Waals surface area contributed by atoms with Crippen LogP contribution in [0.15, 0.2) is 12.7 Å². The van der Waals surface area contributed by atoms with E-state index in [1.54, 1.807) is 0 Å². The van der Waals surface area contributed by atoms with E-state index < -0.39 is 0 Å². The van der Waals surface area contributed by atoms with Gasteiger partial charge >= 0.3 is 0 Å². The molecule has 1 aliphatic heterocycles. The minimum atomic E-state index is 0.294. The summed E-state index contributed by atoms with van der Waals surface area (Å²) in [5.74, 6) is 0. The van der Waals surface area contributed by atoms with Gasteiger partial charge in [0.25, 0.3) is 0 Å². The Morgan fingerprint density at radius 3 is 2.87 bits per heavy atom. The third-order valence-corrected chi connectivity index (χ3v) is 3.78. The van der Waals surface area contributed by atoms with Crippen LogP contribution in [0.2, 0.25) is 0 Å². The summed E-state index contributed by atoms with van der Waals surface area (Å²) in [5, 5.41) is 3.65. The predicted octanol–water partition coefficient (Wildman–Crippen LogP) is 2.41. The fraction of sp³-hybridized carbons (Fsp3) is 0.846. The maximum Gasteiger partial charge on any atom is 0.0278 e. The van der Waals surface area contributed by atoms with E-state index >= 15 is 0 Å². The van der Waals surface area contributed by atoms with E-state index in [2.05, 4.69) is 44.5 Å². The number of hydrogen-bond acceptors (Lipinski definition) is 2. The monoisotopic (exact) mass is 210 g/mol. The number of hydrogen-bond donors (Lipinski definition) is 1. The molecule has 1 N–H and O–H groups in total. The molecule has 0 spiro atoms. The molecule has 0 aromatic rings. The van der Waals surface area contributed by atoms with E-state index in [1.807, 2.05) is 6.08 Å². The molecule has 1 saturated heterocycles. The average Bonchev–Trinajstić information content (AvgIpc) is 2.22. The first kappa shape index (κ1) is 12.7. The molecule has 3 atom stereocenters. The number of nitrogens with zero attached hydrogens (tertiary/aromatic N) is 1. The highest BCUT2D eigenvalue weighted by molar-refractivity contribution is 4.95. The quantitative estimate of drug-likeness (QED) is 0.717. The zero-order valence-corrected chi connectivity index (χ0v) is 10.7. The molecule has 1 aliphatic rings. The molecule has 0 aliphatic carbocycles. The topological polar surface area (TPSA) is 15.3 Å². The van der Waals surface area contributed by atoms with E-state index in [0.29, 0.717) is 17.6 Å². The smallest absolute Gasteiger partial charge is 0.0278 e. The molecular formula is C13H26N2. The molecule has 1 rings (SSSR count). The summed E-state index contributed by atoms with van der Waals surface area (Å²) in [6, 6.07) is 1.25. The summed E-state index contributed by atoms with van der Waals surface area (Å²) in [7, 11) is 0. The van der Waals surface area contributed by atoms with E-state index in [4.69, 9.17) is 0 Å². The van der Waals surface area contributed by atoms with Crippen LogP contribution in [-0.2, 0) is 0 Å². The average molecular weight is 210 g/mol. The molecule has 2 nitrogen and oxygen atoms in total. The summed E-state index contributed by atoms with van der Waals surface area (Å²) in [6.07, 6.45) is 4.31. The fourth-order valence-electron chi connectivity index (χ4n) is 2.33. The second kappa shape index (κ2) is 5.13. The summed E-state index contributed by atoms with van der Waals surface area (Å²) < 4.78 is 0. The summed E-state index contributed by atoms with van der Waals surface area (Å²) in [4.78, 5) is 2.61. The van der Waals surface area contributed by atoms with E-state index in [0.717, 1.165) is 19.5 Å². The number of piperazine rings is 1. The van der Waals surface area contributed by atoms with Gasteiger partial charge < -0.3 is 5.32 Å². The van der Waals surface area contributed by atoms with Crippen molar-refractivity contribution in [2.24, 2.45) is 0 Å². The van der Waals surface area contributed by atoms with E-state index in [9.17, 15) is 0 Å². The van der Waals surface area contributed by atoms with Gasteiger partial charge in [-0.1, -0.05) is 13.0 Å². The lowest BCUT2D eigenvalue weighted by molar-refractivity contribution is 0.0610. The highest BCUT2D eigenvalue weighted by atomic mass is 15.3. The van der Waals surface area contributed by atoms with Gasteiger partial charge in [0.05, 0.1) is 0 Å². The molecule has 0 aromatic heterocycles. The molecule has 3 unspecified atom stereocenters. The Morgan fingerprint density at radius 2 is 2.33 bits per heavy atom. The zero-order valence-electron chi connectivity index (χ0n) is 10.7. The predicted molar refractivity (Wildman–Crippen MR) is 67.1 cm³/mol. The van der Waals surface area contributed by atoms with Crippen molar-refractivity contribution in [3.63, 3.8) is 0 Å². The molecule has 88 valence electrons. The molecule has 15 heavy (non-hydrogen) atoms. The maximum atomic E-state index is 3.83. The van der Waals surface area contributed by atoms with Crippen LogP contribution >= 0.6 is 0 Å². The summed E-state index contributed by atoms with van der Waals surface area (Å²) in [5.41, 5.74) is 0.294. The molecular weight excluding hydrogens is 184 g/mol. The third kappa shape index (κ3) is 3.05. The largest absolute Gasteiger partial charge is 0.309 e. The van der Waals surface area contributed by atoms with Crippen molar-refractivity contribution in [2.45, 2.75) is 58.2 Å². The first-order valence-electron chi connectivity index (χ1n) is 6.14. The molecule has 0 bridgehead atoms. The first-order valence-corrected chi connectivity index (χ1v) is 6.14. The van der Waals surface area contributed by atoms with Gasteiger partial charge in [-0.05, 0) is 33.6 Å². The summed E-state index contributed by atoms with van der Waals surface area (Å²) in [6.45, 7) is 15.3. The molecule has 2 heteroatoms. The Labute approximate surface area is 94.7 Å². The Hall–Kier alpha value is -0.340. The highest BCUT2D eigenvalue weighted by Crippen LogP contribution is 2.21. The van der Waals surface area contributed by atoms with Gasteiger partial charge in [0.2, 0.25) is 0 Å². The molecule has 1 fully saturated rings. The normalized spacial score (nSPS) is 35.1. The lowest BCUT2D eigenvalue weighted by Crippen LogP contribution is -2.63.